The van der Waals surface area contributed by atoms with Crippen LogP contribution in [-0.2, 0) is 0 Å². The van der Waals surface area contributed by atoms with Crippen LogP contribution in [0.4, 0.5) is 0 Å². The monoisotopic (exact) mass is 389 g/mol. The van der Waals surface area contributed by atoms with Crippen molar-refractivity contribution in [3.05, 3.63) is 45.0 Å². The highest BCUT2D eigenvalue weighted by atomic mass is 127. The fourth-order valence-corrected chi connectivity index (χ4v) is 3.06. The Morgan fingerprint density at radius 1 is 1.47 bits per heavy atom. The van der Waals surface area contributed by atoms with E-state index in [0.29, 0.717) is 23.2 Å². The van der Waals surface area contributed by atoms with Gasteiger partial charge in [0.2, 0.25) is 0 Å². The van der Waals surface area contributed by atoms with Crippen LogP contribution in [0.2, 0.25) is 5.02 Å². The SMILES string of the molecule is C=CCN(C(=O)c1ccc(I)c(Cl)c1)C1CCCC1. The number of hydrogen-bond donors (Lipinski definition) is 0. The van der Waals surface area contributed by atoms with Gasteiger partial charge >= 0.3 is 0 Å². The summed E-state index contributed by atoms with van der Waals surface area (Å²) < 4.78 is 0.965. The number of nitrogens with zero attached hydrogens (tertiary/aromatic N) is 1. The Hall–Kier alpha value is -0.550. The average molecular weight is 390 g/mol. The standard InChI is InChI=1S/C15H17ClINO/c1-2-9-18(12-5-3-4-6-12)15(19)11-7-8-14(17)13(16)10-11/h2,7-8,10,12H,1,3-6,9H2. The van der Waals surface area contributed by atoms with Crippen LogP contribution in [0.25, 0.3) is 0 Å². The number of carbonyl (C=O) groups is 1. The zero-order chi connectivity index (χ0) is 13.8. The lowest BCUT2D eigenvalue weighted by atomic mass is 10.1. The summed E-state index contributed by atoms with van der Waals surface area (Å²) in [5.74, 6) is 0.0603. The molecule has 1 saturated carbocycles. The third-order valence-electron chi connectivity index (χ3n) is 3.52. The molecule has 1 aliphatic carbocycles. The molecular formula is C15H17ClINO. The van der Waals surface area contributed by atoms with Crippen LogP contribution in [0, 0.1) is 3.57 Å². The van der Waals surface area contributed by atoms with E-state index in [1.165, 1.54) is 12.8 Å². The predicted octanol–water partition coefficient (Wildman–Crippen LogP) is 4.52. The second-order valence-corrected chi connectivity index (χ2v) is 6.38. The number of halogens is 2. The van der Waals surface area contributed by atoms with Gasteiger partial charge in [-0.1, -0.05) is 30.5 Å². The van der Waals surface area contributed by atoms with E-state index >= 15 is 0 Å². The van der Waals surface area contributed by atoms with Crippen LogP contribution in [0.15, 0.2) is 30.9 Å². The molecule has 1 aromatic carbocycles. The molecule has 102 valence electrons. The summed E-state index contributed by atoms with van der Waals surface area (Å²) in [4.78, 5) is 14.5. The third kappa shape index (κ3) is 3.51. The van der Waals surface area contributed by atoms with Gasteiger partial charge in [0.15, 0.2) is 0 Å². The zero-order valence-electron chi connectivity index (χ0n) is 10.7. The topological polar surface area (TPSA) is 20.3 Å². The maximum absolute atomic E-state index is 12.6. The van der Waals surface area contributed by atoms with Gasteiger partial charge in [0.05, 0.1) is 5.02 Å². The highest BCUT2D eigenvalue weighted by Crippen LogP contribution is 2.26. The van der Waals surface area contributed by atoms with Crippen molar-refractivity contribution in [2.75, 3.05) is 6.54 Å². The Balaban J connectivity index is 2.22. The maximum atomic E-state index is 12.6. The first-order valence-corrected chi connectivity index (χ1v) is 7.96. The summed E-state index contributed by atoms with van der Waals surface area (Å²) in [6.45, 7) is 4.36. The van der Waals surface area contributed by atoms with Gasteiger partial charge < -0.3 is 4.90 Å². The quantitative estimate of drug-likeness (QED) is 0.548. The fraction of sp³-hybridized carbons (Fsp3) is 0.400. The minimum absolute atomic E-state index is 0.0603. The predicted molar refractivity (Wildman–Crippen MR) is 87.7 cm³/mol. The van der Waals surface area contributed by atoms with Crippen molar-refractivity contribution in [3.63, 3.8) is 0 Å². The molecule has 0 N–H and O–H groups in total. The molecule has 19 heavy (non-hydrogen) atoms. The minimum Gasteiger partial charge on any atom is -0.332 e. The molecule has 2 rings (SSSR count). The summed E-state index contributed by atoms with van der Waals surface area (Å²) in [5, 5.41) is 0.636. The van der Waals surface area contributed by atoms with Crippen molar-refractivity contribution >= 4 is 40.1 Å². The van der Waals surface area contributed by atoms with Crippen molar-refractivity contribution < 1.29 is 4.79 Å². The summed E-state index contributed by atoms with van der Waals surface area (Å²) in [6, 6.07) is 5.85. The first-order chi connectivity index (χ1) is 9.13. The highest BCUT2D eigenvalue weighted by molar-refractivity contribution is 14.1. The van der Waals surface area contributed by atoms with Crippen LogP contribution in [0.1, 0.15) is 36.0 Å². The molecular weight excluding hydrogens is 373 g/mol. The van der Waals surface area contributed by atoms with Crippen molar-refractivity contribution in [2.24, 2.45) is 0 Å². The van der Waals surface area contributed by atoms with Gasteiger partial charge in [-0.25, -0.2) is 0 Å². The Morgan fingerprint density at radius 3 is 2.74 bits per heavy atom. The van der Waals surface area contributed by atoms with Gasteiger partial charge in [-0.2, -0.15) is 0 Å². The molecule has 1 fully saturated rings. The lowest BCUT2D eigenvalue weighted by Gasteiger charge is -2.28. The number of carbonyl (C=O) groups excluding carboxylic acids is 1. The van der Waals surface area contributed by atoms with Crippen LogP contribution >= 0.6 is 34.2 Å². The van der Waals surface area contributed by atoms with Gasteiger partial charge in [-0.3, -0.25) is 4.79 Å². The molecule has 0 aliphatic heterocycles. The molecule has 0 heterocycles. The van der Waals surface area contributed by atoms with E-state index in [9.17, 15) is 4.79 Å². The Bertz CT molecular complexity index is 483. The number of rotatable bonds is 4. The number of hydrogen-bond acceptors (Lipinski definition) is 1. The number of amides is 1. The zero-order valence-corrected chi connectivity index (χ0v) is 13.7. The van der Waals surface area contributed by atoms with Gasteiger partial charge in [-0.05, 0) is 53.6 Å². The fourth-order valence-electron chi connectivity index (χ4n) is 2.55. The summed E-state index contributed by atoms with van der Waals surface area (Å²) >= 11 is 8.26. The van der Waals surface area contributed by atoms with Crippen LogP contribution < -0.4 is 0 Å². The van der Waals surface area contributed by atoms with E-state index in [0.717, 1.165) is 16.4 Å². The molecule has 0 bridgehead atoms. The molecule has 1 aliphatic rings. The van der Waals surface area contributed by atoms with E-state index < -0.39 is 0 Å². The first kappa shape index (κ1) is 14.9. The largest absolute Gasteiger partial charge is 0.332 e. The Morgan fingerprint density at radius 2 is 2.16 bits per heavy atom. The van der Waals surface area contributed by atoms with Gasteiger partial charge in [0.1, 0.15) is 0 Å². The second-order valence-electron chi connectivity index (χ2n) is 4.81. The molecule has 0 spiro atoms. The molecule has 0 unspecified atom stereocenters. The Kier molecular flexibility index (Phi) is 5.28. The number of benzene rings is 1. The smallest absolute Gasteiger partial charge is 0.254 e. The molecule has 2 nitrogen and oxygen atoms in total. The summed E-state index contributed by atoms with van der Waals surface area (Å²) in [6.07, 6.45) is 6.40. The molecule has 0 atom stereocenters. The molecule has 1 amide bonds. The van der Waals surface area contributed by atoms with Gasteiger partial charge in [0.25, 0.3) is 5.91 Å². The third-order valence-corrected chi connectivity index (χ3v) is 5.09. The van der Waals surface area contributed by atoms with Crippen molar-refractivity contribution in [2.45, 2.75) is 31.7 Å². The van der Waals surface area contributed by atoms with Crippen LogP contribution in [0.5, 0.6) is 0 Å². The highest BCUT2D eigenvalue weighted by Gasteiger charge is 2.26. The lowest BCUT2D eigenvalue weighted by Crippen LogP contribution is -2.38. The first-order valence-electron chi connectivity index (χ1n) is 6.50. The van der Waals surface area contributed by atoms with Crippen molar-refractivity contribution in [3.8, 4) is 0 Å². The molecule has 0 saturated heterocycles. The summed E-state index contributed by atoms with van der Waals surface area (Å²) in [7, 11) is 0. The van der Waals surface area contributed by atoms with Crippen molar-refractivity contribution in [1.29, 1.82) is 0 Å². The van der Waals surface area contributed by atoms with E-state index in [2.05, 4.69) is 29.2 Å². The minimum atomic E-state index is 0.0603. The Labute approximate surface area is 133 Å². The maximum Gasteiger partial charge on any atom is 0.254 e. The average Bonchev–Trinajstić information content (AvgIpc) is 2.92. The normalized spacial score (nSPS) is 15.5. The van der Waals surface area contributed by atoms with Gasteiger partial charge in [-0.15, -0.1) is 6.58 Å². The van der Waals surface area contributed by atoms with E-state index in [4.69, 9.17) is 11.6 Å². The summed E-state index contributed by atoms with van der Waals surface area (Å²) in [5.41, 5.74) is 0.666. The van der Waals surface area contributed by atoms with Crippen LogP contribution in [-0.4, -0.2) is 23.4 Å². The molecule has 1 aromatic rings. The second kappa shape index (κ2) is 6.75. The van der Waals surface area contributed by atoms with E-state index in [1.807, 2.05) is 17.0 Å². The molecule has 0 radical (unpaired) electrons. The molecule has 0 aromatic heterocycles. The van der Waals surface area contributed by atoms with Gasteiger partial charge in [0, 0.05) is 21.7 Å². The molecule has 4 heteroatoms. The van der Waals surface area contributed by atoms with Crippen LogP contribution in [0.3, 0.4) is 0 Å². The van der Waals surface area contributed by atoms with Crippen molar-refractivity contribution in [1.82, 2.24) is 4.90 Å². The van der Waals surface area contributed by atoms with E-state index in [1.54, 1.807) is 12.1 Å². The van der Waals surface area contributed by atoms with E-state index in [-0.39, 0.29) is 5.91 Å². The lowest BCUT2D eigenvalue weighted by molar-refractivity contribution is 0.0706.